The van der Waals surface area contributed by atoms with Crippen molar-refractivity contribution in [2.24, 2.45) is 5.73 Å². The summed E-state index contributed by atoms with van der Waals surface area (Å²) >= 11 is 0. The molecule has 1 aliphatic carbocycles. The van der Waals surface area contributed by atoms with Crippen LogP contribution in [0.25, 0.3) is 0 Å². The maximum atomic E-state index is 13.5. The van der Waals surface area contributed by atoms with Gasteiger partial charge in [-0.25, -0.2) is 13.2 Å². The number of carbonyl (C=O) groups excluding carboxylic acids is 1. The zero-order chi connectivity index (χ0) is 14.0. The molecule has 1 fully saturated rings. The van der Waals surface area contributed by atoms with Gasteiger partial charge in [0.05, 0.1) is 5.56 Å². The van der Waals surface area contributed by atoms with Crippen LogP contribution < -0.4 is 11.1 Å². The largest absolute Gasteiger partial charge is 0.348 e. The molecular weight excluding hydrogens is 257 g/mol. The van der Waals surface area contributed by atoms with E-state index in [2.05, 4.69) is 5.32 Å². The fraction of sp³-hybridized carbons (Fsp3) is 0.462. The Balaban J connectivity index is 2.14. The van der Waals surface area contributed by atoms with Crippen LogP contribution in [0, 0.1) is 17.5 Å². The summed E-state index contributed by atoms with van der Waals surface area (Å²) in [7, 11) is 0. The molecule has 2 atom stereocenters. The number of nitrogens with one attached hydrogen (secondary N) is 1. The summed E-state index contributed by atoms with van der Waals surface area (Å²) < 4.78 is 39.3. The molecule has 1 aliphatic rings. The smallest absolute Gasteiger partial charge is 0.254 e. The molecular formula is C13H15F3N2O. The zero-order valence-corrected chi connectivity index (χ0v) is 10.3. The van der Waals surface area contributed by atoms with Crippen LogP contribution in [0.1, 0.15) is 36.0 Å². The summed E-state index contributed by atoms with van der Waals surface area (Å²) in [6.07, 6.45) is 3.41. The lowest BCUT2D eigenvalue weighted by Gasteiger charge is -2.29. The fourth-order valence-corrected chi connectivity index (χ4v) is 2.29. The minimum Gasteiger partial charge on any atom is -0.348 e. The summed E-state index contributed by atoms with van der Waals surface area (Å²) in [5.74, 6) is -5.19. The highest BCUT2D eigenvalue weighted by molar-refractivity contribution is 5.94. The van der Waals surface area contributed by atoms with Crippen LogP contribution in [0.3, 0.4) is 0 Å². The normalized spacial score (nSPS) is 23.2. The van der Waals surface area contributed by atoms with Gasteiger partial charge in [-0.3, -0.25) is 4.79 Å². The van der Waals surface area contributed by atoms with Crippen molar-refractivity contribution in [3.63, 3.8) is 0 Å². The van der Waals surface area contributed by atoms with E-state index in [0.717, 1.165) is 31.4 Å². The first-order valence-electron chi connectivity index (χ1n) is 6.20. The van der Waals surface area contributed by atoms with Crippen LogP contribution in [0.5, 0.6) is 0 Å². The Bertz CT molecular complexity index is 493. The Labute approximate surface area is 109 Å². The predicted molar refractivity (Wildman–Crippen MR) is 64.0 cm³/mol. The molecule has 1 saturated carbocycles. The third kappa shape index (κ3) is 2.89. The zero-order valence-electron chi connectivity index (χ0n) is 10.3. The van der Waals surface area contributed by atoms with E-state index in [1.165, 1.54) is 0 Å². The third-order valence-corrected chi connectivity index (χ3v) is 3.42. The minimum absolute atomic E-state index is 0.189. The van der Waals surface area contributed by atoms with Gasteiger partial charge < -0.3 is 11.1 Å². The van der Waals surface area contributed by atoms with E-state index >= 15 is 0 Å². The van der Waals surface area contributed by atoms with Gasteiger partial charge in [0.2, 0.25) is 0 Å². The molecule has 0 heterocycles. The van der Waals surface area contributed by atoms with Crippen LogP contribution in [-0.4, -0.2) is 18.0 Å². The highest BCUT2D eigenvalue weighted by Crippen LogP contribution is 2.19. The first-order chi connectivity index (χ1) is 9.00. The molecule has 19 heavy (non-hydrogen) atoms. The summed E-state index contributed by atoms with van der Waals surface area (Å²) in [4.78, 5) is 11.8. The number of carbonyl (C=O) groups is 1. The summed E-state index contributed by atoms with van der Waals surface area (Å²) in [5.41, 5.74) is 5.35. The second-order valence-corrected chi connectivity index (χ2v) is 4.75. The van der Waals surface area contributed by atoms with Gasteiger partial charge >= 0.3 is 0 Å². The second kappa shape index (κ2) is 5.61. The average Bonchev–Trinajstić information content (AvgIpc) is 2.39. The van der Waals surface area contributed by atoms with Gasteiger partial charge in [0.1, 0.15) is 0 Å². The lowest BCUT2D eigenvalue weighted by atomic mass is 9.91. The topological polar surface area (TPSA) is 55.1 Å². The Hall–Kier alpha value is -1.56. The molecule has 0 radical (unpaired) electrons. The molecule has 2 rings (SSSR count). The quantitative estimate of drug-likeness (QED) is 0.810. The second-order valence-electron chi connectivity index (χ2n) is 4.75. The molecule has 1 aromatic carbocycles. The number of nitrogens with two attached hydrogens (primary N) is 1. The van der Waals surface area contributed by atoms with E-state index in [0.29, 0.717) is 6.42 Å². The summed E-state index contributed by atoms with van der Waals surface area (Å²) in [5, 5.41) is 2.58. The third-order valence-electron chi connectivity index (χ3n) is 3.42. The van der Waals surface area contributed by atoms with Crippen molar-refractivity contribution in [1.29, 1.82) is 0 Å². The number of hydrogen-bond acceptors (Lipinski definition) is 2. The standard InChI is InChI=1S/C13H15F3N2O/c14-8-6-5-7(11(15)12(8)16)13(19)18-10-4-2-1-3-9(10)17/h5-6,9-10H,1-4,17H2,(H,18,19). The summed E-state index contributed by atoms with van der Waals surface area (Å²) in [6, 6.07) is 1.21. The van der Waals surface area contributed by atoms with Gasteiger partial charge in [0.15, 0.2) is 17.5 Å². The lowest BCUT2D eigenvalue weighted by molar-refractivity contribution is 0.0916. The maximum Gasteiger partial charge on any atom is 0.254 e. The monoisotopic (exact) mass is 272 g/mol. The molecule has 3 nitrogen and oxygen atoms in total. The van der Waals surface area contributed by atoms with Gasteiger partial charge in [-0.15, -0.1) is 0 Å². The molecule has 0 aliphatic heterocycles. The molecule has 104 valence electrons. The van der Waals surface area contributed by atoms with Gasteiger partial charge in [-0.05, 0) is 25.0 Å². The molecule has 0 aromatic heterocycles. The van der Waals surface area contributed by atoms with Gasteiger partial charge in [-0.1, -0.05) is 12.8 Å². The van der Waals surface area contributed by atoms with Gasteiger partial charge in [0, 0.05) is 12.1 Å². The minimum atomic E-state index is -1.64. The molecule has 2 unspecified atom stereocenters. The number of benzene rings is 1. The van der Waals surface area contributed by atoms with E-state index in [4.69, 9.17) is 5.73 Å². The van der Waals surface area contributed by atoms with Crippen molar-refractivity contribution >= 4 is 5.91 Å². The Kier molecular flexibility index (Phi) is 4.09. The highest BCUT2D eigenvalue weighted by Gasteiger charge is 2.26. The van der Waals surface area contributed by atoms with Crippen molar-refractivity contribution in [1.82, 2.24) is 5.32 Å². The van der Waals surface area contributed by atoms with Crippen molar-refractivity contribution in [3.05, 3.63) is 35.1 Å². The van der Waals surface area contributed by atoms with E-state index < -0.39 is 28.9 Å². The van der Waals surface area contributed by atoms with Gasteiger partial charge in [0.25, 0.3) is 5.91 Å². The summed E-state index contributed by atoms with van der Waals surface area (Å²) in [6.45, 7) is 0. The first kappa shape index (κ1) is 13.9. The lowest BCUT2D eigenvalue weighted by Crippen LogP contribution is -2.49. The molecule has 6 heteroatoms. The van der Waals surface area contributed by atoms with Crippen LogP contribution in [0.2, 0.25) is 0 Å². The highest BCUT2D eigenvalue weighted by atomic mass is 19.2. The van der Waals surface area contributed by atoms with Crippen LogP contribution in [0.15, 0.2) is 12.1 Å². The van der Waals surface area contributed by atoms with Crippen molar-refractivity contribution < 1.29 is 18.0 Å². The van der Waals surface area contributed by atoms with Crippen LogP contribution in [0.4, 0.5) is 13.2 Å². The first-order valence-corrected chi connectivity index (χ1v) is 6.20. The Morgan fingerprint density at radius 2 is 1.84 bits per heavy atom. The van der Waals surface area contributed by atoms with Crippen LogP contribution >= 0.6 is 0 Å². The van der Waals surface area contributed by atoms with Crippen molar-refractivity contribution in [2.45, 2.75) is 37.8 Å². The van der Waals surface area contributed by atoms with E-state index in [-0.39, 0.29) is 12.1 Å². The van der Waals surface area contributed by atoms with Crippen molar-refractivity contribution in [3.8, 4) is 0 Å². The molecule has 1 amide bonds. The SMILES string of the molecule is NC1CCCCC1NC(=O)c1ccc(F)c(F)c1F. The number of amides is 1. The average molecular weight is 272 g/mol. The Morgan fingerprint density at radius 1 is 1.16 bits per heavy atom. The molecule has 0 bridgehead atoms. The van der Waals surface area contributed by atoms with E-state index in [1.54, 1.807) is 0 Å². The van der Waals surface area contributed by atoms with Crippen molar-refractivity contribution in [2.75, 3.05) is 0 Å². The van der Waals surface area contributed by atoms with E-state index in [9.17, 15) is 18.0 Å². The predicted octanol–water partition coefficient (Wildman–Crippen LogP) is 2.10. The Morgan fingerprint density at radius 3 is 2.53 bits per heavy atom. The number of halogens is 3. The number of rotatable bonds is 2. The molecule has 1 aromatic rings. The van der Waals surface area contributed by atoms with Gasteiger partial charge in [-0.2, -0.15) is 0 Å². The molecule has 3 N–H and O–H groups in total. The number of hydrogen-bond donors (Lipinski definition) is 2. The van der Waals surface area contributed by atoms with E-state index in [1.807, 2.05) is 0 Å². The molecule has 0 spiro atoms. The molecule has 0 saturated heterocycles. The van der Waals surface area contributed by atoms with Crippen LogP contribution in [-0.2, 0) is 0 Å². The maximum absolute atomic E-state index is 13.5. The fourth-order valence-electron chi connectivity index (χ4n) is 2.29.